The molecule has 2 aromatic carbocycles. The summed E-state index contributed by atoms with van der Waals surface area (Å²) in [5.74, 6) is -0.957. The number of aromatic hydroxyl groups is 2. The molecule has 0 saturated heterocycles. The lowest BCUT2D eigenvalue weighted by molar-refractivity contribution is -0.131. The van der Waals surface area contributed by atoms with Crippen LogP contribution in [0.1, 0.15) is 29.3 Å². The van der Waals surface area contributed by atoms with E-state index in [1.165, 1.54) is 11.5 Å². The van der Waals surface area contributed by atoms with Crippen molar-refractivity contribution in [3.63, 3.8) is 0 Å². The monoisotopic (exact) mass is 331 g/mol. The Morgan fingerprint density at radius 2 is 2.04 bits per heavy atom. The molecule has 7 nitrogen and oxygen atoms in total. The molecule has 0 unspecified atom stereocenters. The number of phenols is 2. The molecule has 2 aromatic rings. The van der Waals surface area contributed by atoms with E-state index in [2.05, 4.69) is 0 Å². The van der Waals surface area contributed by atoms with Crippen LogP contribution < -0.4 is 10.2 Å². The summed E-state index contributed by atoms with van der Waals surface area (Å²) in [5, 5.41) is 29.8. The van der Waals surface area contributed by atoms with Gasteiger partial charge in [0.25, 0.3) is 5.91 Å². The molecule has 7 heteroatoms. The number of ether oxygens (including phenoxy) is 1. The molecule has 0 bridgehead atoms. The van der Waals surface area contributed by atoms with Gasteiger partial charge in [0.15, 0.2) is 12.4 Å². The van der Waals surface area contributed by atoms with Gasteiger partial charge in [-0.25, -0.2) is 5.48 Å². The van der Waals surface area contributed by atoms with E-state index in [0.717, 1.165) is 5.56 Å². The molecular formula is C17H17NO6. The van der Waals surface area contributed by atoms with Gasteiger partial charge >= 0.3 is 0 Å². The Morgan fingerprint density at radius 3 is 2.75 bits per heavy atom. The topological polar surface area (TPSA) is 116 Å². The summed E-state index contributed by atoms with van der Waals surface area (Å²) in [7, 11) is 0. The third kappa shape index (κ3) is 2.74. The highest BCUT2D eigenvalue weighted by atomic mass is 16.5. The predicted molar refractivity (Wildman–Crippen MR) is 84.5 cm³/mol. The van der Waals surface area contributed by atoms with Gasteiger partial charge in [0, 0.05) is 12.5 Å². The molecule has 1 amide bonds. The fourth-order valence-electron chi connectivity index (χ4n) is 3.13. The average Bonchev–Trinajstić information content (AvgIpc) is 2.51. The van der Waals surface area contributed by atoms with Gasteiger partial charge in [-0.15, -0.1) is 0 Å². The number of phenolic OH excluding ortho intramolecular Hbond substituents is 2. The summed E-state index contributed by atoms with van der Waals surface area (Å²) in [6, 6.07) is 4.55. The Labute approximate surface area is 137 Å². The maximum Gasteiger partial charge on any atom is 0.281 e. The van der Waals surface area contributed by atoms with Gasteiger partial charge in [-0.1, -0.05) is 6.92 Å². The normalized spacial score (nSPS) is 16.8. The number of hydroxylamine groups is 1. The summed E-state index contributed by atoms with van der Waals surface area (Å²) in [4.78, 5) is 23.2. The molecule has 126 valence electrons. The van der Waals surface area contributed by atoms with E-state index in [1.807, 2.05) is 6.92 Å². The predicted octanol–water partition coefficient (Wildman–Crippen LogP) is 1.90. The summed E-state index contributed by atoms with van der Waals surface area (Å²) in [6.45, 7) is 1.54. The number of ketones is 1. The molecule has 4 N–H and O–H groups in total. The van der Waals surface area contributed by atoms with Crippen molar-refractivity contribution in [3.8, 4) is 17.2 Å². The first kappa shape index (κ1) is 16.1. The average molecular weight is 331 g/mol. The molecule has 0 aliphatic heterocycles. The molecule has 0 spiro atoms. The highest BCUT2D eigenvalue weighted by Crippen LogP contribution is 2.42. The molecule has 0 fully saturated rings. The number of fused-ring (bicyclic) bond motifs is 2. The molecule has 1 aliphatic rings. The standard InChI is InChI=1S/C17H17NO6/c1-8-2-9-4-10-5-11(24-7-14(21)18-23)6-13(20)16(10)17(22)15(9)12(19)3-8/h4-6,8,20,22-23H,2-3,7H2,1H3,(H,18,21)/t8-/m1/s1. The number of carbonyl (C=O) groups excluding carboxylic acids is 2. The van der Waals surface area contributed by atoms with Gasteiger partial charge in [0.05, 0.1) is 10.9 Å². The molecule has 0 heterocycles. The minimum absolute atomic E-state index is 0.137. The highest BCUT2D eigenvalue weighted by Gasteiger charge is 2.27. The van der Waals surface area contributed by atoms with Gasteiger partial charge in [-0.2, -0.15) is 0 Å². The first-order valence-corrected chi connectivity index (χ1v) is 7.51. The number of benzene rings is 2. The lowest BCUT2D eigenvalue weighted by atomic mass is 9.82. The van der Waals surface area contributed by atoms with Crippen molar-refractivity contribution in [1.29, 1.82) is 0 Å². The number of carbonyl (C=O) groups is 2. The number of rotatable bonds is 3. The zero-order valence-electron chi connectivity index (χ0n) is 13.0. The minimum atomic E-state index is -0.734. The van der Waals surface area contributed by atoms with Crippen LogP contribution in [0.3, 0.4) is 0 Å². The van der Waals surface area contributed by atoms with Gasteiger partial charge in [0.1, 0.15) is 17.2 Å². The number of hydrogen-bond donors (Lipinski definition) is 4. The first-order chi connectivity index (χ1) is 11.4. The maximum atomic E-state index is 12.2. The van der Waals surface area contributed by atoms with Crippen LogP contribution in [0.5, 0.6) is 17.2 Å². The summed E-state index contributed by atoms with van der Waals surface area (Å²) >= 11 is 0. The third-order valence-corrected chi connectivity index (χ3v) is 4.12. The molecule has 0 saturated carbocycles. The van der Waals surface area contributed by atoms with Crippen LogP contribution in [0.15, 0.2) is 18.2 Å². The first-order valence-electron chi connectivity index (χ1n) is 7.51. The molecule has 0 aromatic heterocycles. The number of Topliss-reactive ketones (excluding diaryl/α,β-unsaturated/α-hetero) is 1. The lowest BCUT2D eigenvalue weighted by Gasteiger charge is -2.22. The fraction of sp³-hybridized carbons (Fsp3) is 0.294. The van der Waals surface area contributed by atoms with Gasteiger partial charge < -0.3 is 14.9 Å². The fourth-order valence-corrected chi connectivity index (χ4v) is 3.13. The quantitative estimate of drug-likeness (QED) is 0.504. The van der Waals surface area contributed by atoms with Crippen molar-refractivity contribution in [3.05, 3.63) is 29.3 Å². The van der Waals surface area contributed by atoms with E-state index >= 15 is 0 Å². The number of hydrogen-bond acceptors (Lipinski definition) is 6. The van der Waals surface area contributed by atoms with Crippen LogP contribution in [-0.2, 0) is 11.2 Å². The van der Waals surface area contributed by atoms with Crippen molar-refractivity contribution in [2.75, 3.05) is 6.61 Å². The smallest absolute Gasteiger partial charge is 0.281 e. The van der Waals surface area contributed by atoms with E-state index in [9.17, 15) is 19.8 Å². The van der Waals surface area contributed by atoms with Gasteiger partial charge in [-0.05, 0) is 35.4 Å². The van der Waals surface area contributed by atoms with E-state index in [0.29, 0.717) is 18.2 Å². The molecule has 1 atom stereocenters. The van der Waals surface area contributed by atoms with Crippen LogP contribution in [0.2, 0.25) is 0 Å². The van der Waals surface area contributed by atoms with Crippen LogP contribution in [0.4, 0.5) is 0 Å². The van der Waals surface area contributed by atoms with Crippen LogP contribution >= 0.6 is 0 Å². The van der Waals surface area contributed by atoms with Crippen molar-refractivity contribution in [2.24, 2.45) is 5.92 Å². The number of amides is 1. The Morgan fingerprint density at radius 1 is 1.29 bits per heavy atom. The van der Waals surface area contributed by atoms with Crippen LogP contribution in [0.25, 0.3) is 10.8 Å². The van der Waals surface area contributed by atoms with Crippen molar-refractivity contribution < 1.29 is 29.7 Å². The molecule has 3 rings (SSSR count). The minimum Gasteiger partial charge on any atom is -0.507 e. The highest BCUT2D eigenvalue weighted by molar-refractivity contribution is 6.08. The Kier molecular flexibility index (Phi) is 4.02. The second kappa shape index (κ2) is 6.01. The summed E-state index contributed by atoms with van der Waals surface area (Å²) in [5.41, 5.74) is 2.44. The third-order valence-electron chi connectivity index (χ3n) is 4.12. The van der Waals surface area contributed by atoms with Crippen molar-refractivity contribution >= 4 is 22.5 Å². The molecular weight excluding hydrogens is 314 g/mol. The maximum absolute atomic E-state index is 12.2. The Bertz CT molecular complexity index is 845. The Hall–Kier alpha value is -2.80. The van der Waals surface area contributed by atoms with Crippen molar-refractivity contribution in [2.45, 2.75) is 19.8 Å². The van der Waals surface area contributed by atoms with Gasteiger partial charge in [-0.3, -0.25) is 14.8 Å². The van der Waals surface area contributed by atoms with E-state index in [-0.39, 0.29) is 39.9 Å². The zero-order chi connectivity index (χ0) is 17.4. The van der Waals surface area contributed by atoms with Crippen LogP contribution in [-0.4, -0.2) is 33.7 Å². The second-order valence-corrected chi connectivity index (χ2v) is 6.06. The lowest BCUT2D eigenvalue weighted by Crippen LogP contribution is -2.25. The van der Waals surface area contributed by atoms with Gasteiger partial charge in [0.2, 0.25) is 0 Å². The van der Waals surface area contributed by atoms with E-state index < -0.39 is 12.5 Å². The molecule has 1 aliphatic carbocycles. The SMILES string of the molecule is C[C@H]1CC(=O)c2c(cc3cc(OCC(=O)NO)cc(O)c3c2O)C1. The van der Waals surface area contributed by atoms with E-state index in [4.69, 9.17) is 9.94 Å². The van der Waals surface area contributed by atoms with Crippen molar-refractivity contribution in [1.82, 2.24) is 5.48 Å². The summed E-state index contributed by atoms with van der Waals surface area (Å²) < 4.78 is 5.19. The second-order valence-electron chi connectivity index (χ2n) is 6.06. The van der Waals surface area contributed by atoms with Crippen LogP contribution in [0, 0.1) is 5.92 Å². The Balaban J connectivity index is 2.09. The molecule has 24 heavy (non-hydrogen) atoms. The number of nitrogens with one attached hydrogen (secondary N) is 1. The summed E-state index contributed by atoms with van der Waals surface area (Å²) in [6.07, 6.45) is 1.02. The zero-order valence-corrected chi connectivity index (χ0v) is 13.0. The van der Waals surface area contributed by atoms with E-state index in [1.54, 1.807) is 12.1 Å². The largest absolute Gasteiger partial charge is 0.507 e. The molecule has 0 radical (unpaired) electrons.